The van der Waals surface area contributed by atoms with Gasteiger partial charge in [0, 0.05) is 16.7 Å². The van der Waals surface area contributed by atoms with Gasteiger partial charge in [0.25, 0.3) is 5.91 Å². The van der Waals surface area contributed by atoms with E-state index in [9.17, 15) is 4.79 Å². The van der Waals surface area contributed by atoms with Crippen molar-refractivity contribution in [2.24, 2.45) is 0 Å². The predicted molar refractivity (Wildman–Crippen MR) is 77.2 cm³/mol. The minimum atomic E-state index is -0.227. The summed E-state index contributed by atoms with van der Waals surface area (Å²) in [5, 5.41) is 2.77. The van der Waals surface area contributed by atoms with E-state index >= 15 is 0 Å². The average Bonchev–Trinajstić information content (AvgIpc) is 2.41. The lowest BCUT2D eigenvalue weighted by Gasteiger charge is -2.08. The number of benzene rings is 1. The molecule has 0 saturated heterocycles. The molecule has 98 valence electrons. The maximum absolute atomic E-state index is 11.7. The first kappa shape index (κ1) is 13.5. The zero-order chi connectivity index (χ0) is 13.7. The summed E-state index contributed by atoms with van der Waals surface area (Å²) in [4.78, 5) is 15.7. The van der Waals surface area contributed by atoms with Crippen molar-refractivity contribution in [3.8, 4) is 5.88 Å². The van der Waals surface area contributed by atoms with Crippen molar-refractivity contribution < 1.29 is 9.53 Å². The van der Waals surface area contributed by atoms with Crippen LogP contribution in [0.1, 0.15) is 5.56 Å². The van der Waals surface area contributed by atoms with Gasteiger partial charge in [0.05, 0.1) is 5.69 Å². The Labute approximate surface area is 119 Å². The SMILES string of the molecule is Cc1ccc(NC(=O)COc2ccccn2)c(Br)c1. The number of aryl methyl sites for hydroxylation is 1. The van der Waals surface area contributed by atoms with E-state index in [4.69, 9.17) is 4.74 Å². The molecule has 0 unspecified atom stereocenters. The van der Waals surface area contributed by atoms with E-state index in [1.54, 1.807) is 24.4 Å². The van der Waals surface area contributed by atoms with Gasteiger partial charge in [0.15, 0.2) is 6.61 Å². The van der Waals surface area contributed by atoms with Crippen molar-refractivity contribution >= 4 is 27.5 Å². The van der Waals surface area contributed by atoms with Crippen LogP contribution in [0.5, 0.6) is 5.88 Å². The molecule has 0 spiro atoms. The fourth-order valence-electron chi connectivity index (χ4n) is 1.48. The molecule has 4 nitrogen and oxygen atoms in total. The molecule has 0 aliphatic rings. The molecular weight excluding hydrogens is 308 g/mol. The molecule has 0 radical (unpaired) electrons. The van der Waals surface area contributed by atoms with Crippen molar-refractivity contribution in [3.63, 3.8) is 0 Å². The standard InChI is InChI=1S/C14H13BrN2O2/c1-10-5-6-12(11(15)8-10)17-13(18)9-19-14-4-2-3-7-16-14/h2-8H,9H2,1H3,(H,17,18). The molecule has 1 aromatic heterocycles. The van der Waals surface area contributed by atoms with Crippen LogP contribution in [0.4, 0.5) is 5.69 Å². The third-order valence-corrected chi connectivity index (χ3v) is 3.04. The Hall–Kier alpha value is -1.88. The van der Waals surface area contributed by atoms with Crippen LogP contribution in [0.25, 0.3) is 0 Å². The number of carbonyl (C=O) groups excluding carboxylic acids is 1. The van der Waals surface area contributed by atoms with E-state index in [1.165, 1.54) is 0 Å². The van der Waals surface area contributed by atoms with E-state index in [-0.39, 0.29) is 12.5 Å². The average molecular weight is 321 g/mol. The van der Waals surface area contributed by atoms with Crippen LogP contribution in [-0.2, 0) is 4.79 Å². The molecule has 0 aliphatic heterocycles. The van der Waals surface area contributed by atoms with Gasteiger partial charge in [-0.05, 0) is 46.6 Å². The van der Waals surface area contributed by atoms with E-state index in [2.05, 4.69) is 26.2 Å². The number of rotatable bonds is 4. The molecule has 0 fully saturated rings. The lowest BCUT2D eigenvalue weighted by molar-refractivity contribution is -0.118. The lowest BCUT2D eigenvalue weighted by atomic mass is 10.2. The zero-order valence-electron chi connectivity index (χ0n) is 10.4. The van der Waals surface area contributed by atoms with Gasteiger partial charge in [-0.2, -0.15) is 0 Å². The Balaban J connectivity index is 1.91. The monoisotopic (exact) mass is 320 g/mol. The van der Waals surface area contributed by atoms with Crippen LogP contribution in [-0.4, -0.2) is 17.5 Å². The Morgan fingerprint density at radius 3 is 2.89 bits per heavy atom. The largest absolute Gasteiger partial charge is 0.468 e. The molecule has 0 aliphatic carbocycles. The number of hydrogen-bond donors (Lipinski definition) is 1. The van der Waals surface area contributed by atoms with Crippen LogP contribution >= 0.6 is 15.9 Å². The minimum absolute atomic E-state index is 0.0721. The second-order valence-electron chi connectivity index (χ2n) is 3.99. The van der Waals surface area contributed by atoms with Gasteiger partial charge in [-0.25, -0.2) is 4.98 Å². The normalized spacial score (nSPS) is 10.0. The summed E-state index contributed by atoms with van der Waals surface area (Å²) in [5.41, 5.74) is 1.84. The topological polar surface area (TPSA) is 51.2 Å². The van der Waals surface area contributed by atoms with Gasteiger partial charge in [0.2, 0.25) is 5.88 Å². The summed E-state index contributed by atoms with van der Waals surface area (Å²) in [6, 6.07) is 11.0. The summed E-state index contributed by atoms with van der Waals surface area (Å²) < 4.78 is 6.11. The van der Waals surface area contributed by atoms with Crippen LogP contribution in [0.3, 0.4) is 0 Å². The summed E-state index contributed by atoms with van der Waals surface area (Å²) in [7, 11) is 0. The number of nitrogens with one attached hydrogen (secondary N) is 1. The fourth-order valence-corrected chi connectivity index (χ4v) is 2.07. The maximum atomic E-state index is 11.7. The van der Waals surface area contributed by atoms with Crippen molar-refractivity contribution in [1.82, 2.24) is 4.98 Å². The first-order chi connectivity index (χ1) is 9.15. The van der Waals surface area contributed by atoms with E-state index < -0.39 is 0 Å². The van der Waals surface area contributed by atoms with Crippen LogP contribution in [0.15, 0.2) is 47.1 Å². The number of halogens is 1. The molecular formula is C14H13BrN2O2. The molecule has 1 heterocycles. The van der Waals surface area contributed by atoms with Crippen LogP contribution in [0.2, 0.25) is 0 Å². The summed E-state index contributed by atoms with van der Waals surface area (Å²) in [6.45, 7) is 1.91. The van der Waals surface area contributed by atoms with Crippen LogP contribution < -0.4 is 10.1 Å². The number of hydrogen-bond acceptors (Lipinski definition) is 3. The zero-order valence-corrected chi connectivity index (χ0v) is 12.0. The molecule has 0 atom stereocenters. The highest BCUT2D eigenvalue weighted by Crippen LogP contribution is 2.23. The van der Waals surface area contributed by atoms with Gasteiger partial charge in [-0.15, -0.1) is 0 Å². The number of amides is 1. The van der Waals surface area contributed by atoms with E-state index in [1.807, 2.05) is 25.1 Å². The first-order valence-corrected chi connectivity index (χ1v) is 6.54. The van der Waals surface area contributed by atoms with E-state index in [0.29, 0.717) is 5.88 Å². The number of anilines is 1. The minimum Gasteiger partial charge on any atom is -0.468 e. The highest BCUT2D eigenvalue weighted by atomic mass is 79.9. The quantitative estimate of drug-likeness (QED) is 0.941. The van der Waals surface area contributed by atoms with Crippen molar-refractivity contribution in [2.45, 2.75) is 6.92 Å². The fraction of sp³-hybridized carbons (Fsp3) is 0.143. The number of aromatic nitrogens is 1. The summed E-state index contributed by atoms with van der Waals surface area (Å²) in [6.07, 6.45) is 1.61. The highest BCUT2D eigenvalue weighted by Gasteiger charge is 2.06. The second kappa shape index (κ2) is 6.33. The molecule has 5 heteroatoms. The summed E-state index contributed by atoms with van der Waals surface area (Å²) in [5.74, 6) is 0.204. The second-order valence-corrected chi connectivity index (χ2v) is 4.84. The van der Waals surface area contributed by atoms with Gasteiger partial charge in [-0.1, -0.05) is 12.1 Å². The number of nitrogens with zero attached hydrogens (tertiary/aromatic N) is 1. The Kier molecular flexibility index (Phi) is 4.52. The highest BCUT2D eigenvalue weighted by molar-refractivity contribution is 9.10. The summed E-state index contributed by atoms with van der Waals surface area (Å²) >= 11 is 3.40. The lowest BCUT2D eigenvalue weighted by Crippen LogP contribution is -2.20. The first-order valence-electron chi connectivity index (χ1n) is 5.75. The Morgan fingerprint density at radius 2 is 2.21 bits per heavy atom. The molecule has 0 saturated carbocycles. The van der Waals surface area contributed by atoms with Gasteiger partial charge < -0.3 is 10.1 Å². The van der Waals surface area contributed by atoms with Crippen LogP contribution in [0, 0.1) is 6.92 Å². The van der Waals surface area contributed by atoms with Gasteiger partial charge in [0.1, 0.15) is 0 Å². The molecule has 2 rings (SSSR count). The number of pyridine rings is 1. The predicted octanol–water partition coefficient (Wildman–Crippen LogP) is 3.17. The third-order valence-electron chi connectivity index (χ3n) is 2.39. The number of ether oxygens (including phenoxy) is 1. The molecule has 1 N–H and O–H groups in total. The van der Waals surface area contributed by atoms with E-state index in [0.717, 1.165) is 15.7 Å². The Morgan fingerprint density at radius 1 is 1.37 bits per heavy atom. The number of carbonyl (C=O) groups is 1. The van der Waals surface area contributed by atoms with Gasteiger partial charge >= 0.3 is 0 Å². The smallest absolute Gasteiger partial charge is 0.262 e. The molecule has 1 amide bonds. The van der Waals surface area contributed by atoms with Gasteiger partial charge in [-0.3, -0.25) is 4.79 Å². The molecule has 1 aromatic carbocycles. The third kappa shape index (κ3) is 4.06. The van der Waals surface area contributed by atoms with Crippen molar-refractivity contribution in [2.75, 3.05) is 11.9 Å². The maximum Gasteiger partial charge on any atom is 0.262 e. The molecule has 19 heavy (non-hydrogen) atoms. The Bertz CT molecular complexity index is 573. The molecule has 2 aromatic rings. The van der Waals surface area contributed by atoms with Crippen molar-refractivity contribution in [3.05, 3.63) is 52.6 Å². The van der Waals surface area contributed by atoms with Crippen molar-refractivity contribution in [1.29, 1.82) is 0 Å². The molecule has 0 bridgehead atoms.